The first kappa shape index (κ1) is 22.6. The minimum absolute atomic E-state index is 0.0252. The number of rotatable bonds is 8. The van der Waals surface area contributed by atoms with Gasteiger partial charge in [0.2, 0.25) is 5.43 Å². The van der Waals surface area contributed by atoms with E-state index in [0.29, 0.717) is 25.4 Å². The van der Waals surface area contributed by atoms with Crippen LogP contribution in [0.3, 0.4) is 0 Å². The summed E-state index contributed by atoms with van der Waals surface area (Å²) in [5.74, 6) is -3.31. The number of aldehydes is 1. The molecule has 1 aliphatic rings. The number of amides is 1. The molecule has 0 radical (unpaired) electrons. The van der Waals surface area contributed by atoms with Gasteiger partial charge in [0.1, 0.15) is 28.4 Å². The molecule has 1 saturated heterocycles. The maximum absolute atomic E-state index is 13.8. The SMILES string of the molecule is CCN(C)CC1(n2cc(C(=O)NCc3ccc(F)cc3F)c(=O)c(O)c2C=O)COC1. The summed E-state index contributed by atoms with van der Waals surface area (Å²) in [6, 6.07) is 2.91. The maximum atomic E-state index is 13.8. The first-order chi connectivity index (χ1) is 14.7. The Labute approximate surface area is 177 Å². The number of aromatic nitrogens is 1. The van der Waals surface area contributed by atoms with Crippen molar-refractivity contribution in [2.24, 2.45) is 0 Å². The molecule has 166 valence electrons. The van der Waals surface area contributed by atoms with Crippen LogP contribution in [0.5, 0.6) is 5.75 Å². The quantitative estimate of drug-likeness (QED) is 0.606. The van der Waals surface area contributed by atoms with Crippen molar-refractivity contribution in [1.82, 2.24) is 14.8 Å². The highest BCUT2D eigenvalue weighted by Crippen LogP contribution is 2.30. The number of hydrogen-bond donors (Lipinski definition) is 2. The molecule has 1 aromatic carbocycles. The lowest BCUT2D eigenvalue weighted by molar-refractivity contribution is -0.112. The number of aromatic hydroxyl groups is 1. The van der Waals surface area contributed by atoms with Gasteiger partial charge in [-0.15, -0.1) is 0 Å². The molecular formula is C21H23F2N3O5. The van der Waals surface area contributed by atoms with Gasteiger partial charge in [0.05, 0.1) is 13.2 Å². The van der Waals surface area contributed by atoms with Crippen LogP contribution in [0.15, 0.2) is 29.2 Å². The first-order valence-electron chi connectivity index (χ1n) is 9.65. The summed E-state index contributed by atoms with van der Waals surface area (Å²) in [7, 11) is 1.87. The lowest BCUT2D eigenvalue weighted by atomic mass is 9.94. The zero-order valence-electron chi connectivity index (χ0n) is 17.2. The molecule has 2 heterocycles. The fraction of sp³-hybridized carbons (Fsp3) is 0.381. The van der Waals surface area contributed by atoms with Crippen LogP contribution in [0, 0.1) is 11.6 Å². The molecule has 2 N–H and O–H groups in total. The normalized spacial score (nSPS) is 14.9. The summed E-state index contributed by atoms with van der Waals surface area (Å²) in [5.41, 5.74) is -2.40. The number of benzene rings is 1. The second-order valence-electron chi connectivity index (χ2n) is 7.56. The lowest BCUT2D eigenvalue weighted by Crippen LogP contribution is -2.59. The topological polar surface area (TPSA) is 101 Å². The van der Waals surface area contributed by atoms with Crippen LogP contribution in [-0.4, -0.2) is 60.1 Å². The zero-order chi connectivity index (χ0) is 22.8. The van der Waals surface area contributed by atoms with Gasteiger partial charge in [-0.05, 0) is 19.7 Å². The van der Waals surface area contributed by atoms with Gasteiger partial charge >= 0.3 is 0 Å². The Morgan fingerprint density at radius 2 is 2.10 bits per heavy atom. The van der Waals surface area contributed by atoms with E-state index < -0.39 is 39.8 Å². The summed E-state index contributed by atoms with van der Waals surface area (Å²) < 4.78 is 33.6. The van der Waals surface area contributed by atoms with E-state index in [1.807, 2.05) is 18.9 Å². The highest BCUT2D eigenvalue weighted by Gasteiger charge is 2.43. The van der Waals surface area contributed by atoms with Crippen LogP contribution < -0.4 is 10.7 Å². The Hall–Kier alpha value is -3.11. The highest BCUT2D eigenvalue weighted by molar-refractivity contribution is 5.95. The molecule has 0 aliphatic carbocycles. The van der Waals surface area contributed by atoms with Crippen LogP contribution >= 0.6 is 0 Å². The van der Waals surface area contributed by atoms with Crippen molar-refractivity contribution in [2.75, 3.05) is 33.4 Å². The van der Waals surface area contributed by atoms with Gasteiger partial charge in [0.25, 0.3) is 5.91 Å². The standard InChI is InChI=1S/C21H23F2N3O5/c1-3-25(2)10-21(11-31-12-21)26-8-15(18(28)19(29)17(26)9-27)20(30)24-7-13-4-5-14(22)6-16(13)23/h4-6,8-9,29H,3,7,10-12H2,1-2H3,(H,24,30). The highest BCUT2D eigenvalue weighted by atomic mass is 19.1. The molecule has 0 unspecified atom stereocenters. The predicted molar refractivity (Wildman–Crippen MR) is 107 cm³/mol. The van der Waals surface area contributed by atoms with Crippen LogP contribution in [0.2, 0.25) is 0 Å². The third kappa shape index (κ3) is 4.35. The number of carbonyl (C=O) groups excluding carboxylic acids is 2. The number of pyridine rings is 1. The molecule has 0 saturated carbocycles. The summed E-state index contributed by atoms with van der Waals surface area (Å²) in [5, 5.41) is 12.7. The average molecular weight is 435 g/mol. The Balaban J connectivity index is 1.96. The summed E-state index contributed by atoms with van der Waals surface area (Å²) in [6.07, 6.45) is 1.58. The van der Waals surface area contributed by atoms with Gasteiger partial charge in [0.15, 0.2) is 12.0 Å². The van der Waals surface area contributed by atoms with Gasteiger partial charge in [-0.2, -0.15) is 0 Å². The summed E-state index contributed by atoms with van der Waals surface area (Å²) in [6.45, 7) is 3.26. The van der Waals surface area contributed by atoms with E-state index >= 15 is 0 Å². The number of carbonyl (C=O) groups is 2. The number of halogens is 2. The molecule has 1 fully saturated rings. The van der Waals surface area contributed by atoms with Crippen molar-refractivity contribution in [1.29, 1.82) is 0 Å². The van der Waals surface area contributed by atoms with Gasteiger partial charge in [0, 0.05) is 30.9 Å². The van der Waals surface area contributed by atoms with Gasteiger partial charge < -0.3 is 24.6 Å². The largest absolute Gasteiger partial charge is 0.503 e. The van der Waals surface area contributed by atoms with Crippen molar-refractivity contribution in [3.8, 4) is 5.75 Å². The van der Waals surface area contributed by atoms with E-state index in [0.717, 1.165) is 6.07 Å². The van der Waals surface area contributed by atoms with Crippen molar-refractivity contribution in [3.63, 3.8) is 0 Å². The van der Waals surface area contributed by atoms with E-state index in [2.05, 4.69) is 5.32 Å². The van der Waals surface area contributed by atoms with Gasteiger partial charge in [-0.25, -0.2) is 8.78 Å². The van der Waals surface area contributed by atoms with Gasteiger partial charge in [-0.3, -0.25) is 14.4 Å². The van der Waals surface area contributed by atoms with E-state index in [1.165, 1.54) is 16.8 Å². The van der Waals surface area contributed by atoms with E-state index in [4.69, 9.17) is 4.74 Å². The predicted octanol–water partition coefficient (Wildman–Crippen LogP) is 1.25. The van der Waals surface area contributed by atoms with Gasteiger partial charge in [-0.1, -0.05) is 13.0 Å². The minimum atomic E-state index is -1.02. The van der Waals surface area contributed by atoms with Crippen molar-refractivity contribution in [2.45, 2.75) is 19.0 Å². The van der Waals surface area contributed by atoms with Crippen LogP contribution in [0.25, 0.3) is 0 Å². The first-order valence-corrected chi connectivity index (χ1v) is 9.65. The molecule has 10 heteroatoms. The van der Waals surface area contributed by atoms with E-state index in [9.17, 15) is 28.3 Å². The lowest BCUT2D eigenvalue weighted by Gasteiger charge is -2.46. The van der Waals surface area contributed by atoms with Crippen LogP contribution in [-0.2, 0) is 16.8 Å². The molecular weight excluding hydrogens is 412 g/mol. The number of nitrogens with zero attached hydrogens (tertiary/aromatic N) is 2. The molecule has 0 spiro atoms. The molecule has 3 rings (SSSR count). The fourth-order valence-corrected chi connectivity index (χ4v) is 3.48. The van der Waals surface area contributed by atoms with Crippen LogP contribution in [0.1, 0.15) is 33.3 Å². The number of likely N-dealkylation sites (N-methyl/N-ethyl adjacent to an activating group) is 1. The van der Waals surface area contributed by atoms with E-state index in [1.54, 1.807) is 0 Å². The average Bonchev–Trinajstić information content (AvgIpc) is 2.71. The molecule has 8 nitrogen and oxygen atoms in total. The second-order valence-corrected chi connectivity index (χ2v) is 7.56. The van der Waals surface area contributed by atoms with Crippen LogP contribution in [0.4, 0.5) is 8.78 Å². The molecule has 2 aromatic rings. The summed E-state index contributed by atoms with van der Waals surface area (Å²) >= 11 is 0. The number of ether oxygens (including phenoxy) is 1. The molecule has 1 amide bonds. The maximum Gasteiger partial charge on any atom is 0.257 e. The molecule has 0 atom stereocenters. The number of nitrogens with one attached hydrogen (secondary N) is 1. The molecule has 1 aromatic heterocycles. The molecule has 31 heavy (non-hydrogen) atoms. The Kier molecular flexibility index (Phi) is 6.51. The van der Waals surface area contributed by atoms with Crippen molar-refractivity contribution in [3.05, 3.63) is 63.1 Å². The third-order valence-electron chi connectivity index (χ3n) is 5.39. The van der Waals surface area contributed by atoms with E-state index in [-0.39, 0.29) is 31.0 Å². The minimum Gasteiger partial charge on any atom is -0.503 e. The monoisotopic (exact) mass is 435 g/mol. The molecule has 0 bridgehead atoms. The smallest absolute Gasteiger partial charge is 0.257 e. The number of hydrogen-bond acceptors (Lipinski definition) is 6. The Bertz CT molecular complexity index is 1070. The molecule has 1 aliphatic heterocycles. The Morgan fingerprint density at radius 1 is 1.39 bits per heavy atom. The fourth-order valence-electron chi connectivity index (χ4n) is 3.48. The summed E-state index contributed by atoms with van der Waals surface area (Å²) in [4.78, 5) is 38.8. The van der Waals surface area contributed by atoms with Crippen molar-refractivity contribution < 1.29 is 28.2 Å². The third-order valence-corrected chi connectivity index (χ3v) is 5.39. The Morgan fingerprint density at radius 3 is 2.65 bits per heavy atom. The van der Waals surface area contributed by atoms with Crippen molar-refractivity contribution >= 4 is 12.2 Å². The second kappa shape index (κ2) is 8.94. The zero-order valence-corrected chi connectivity index (χ0v) is 17.2.